The SMILES string of the molecule is C[I-][C@@]12CCC[C@]1(I)[C@H]1CC[C@@H]2C1. The number of halogens is 2. The van der Waals surface area contributed by atoms with Crippen molar-refractivity contribution in [2.45, 2.75) is 45.4 Å². The van der Waals surface area contributed by atoms with Gasteiger partial charge in [0.2, 0.25) is 0 Å². The second kappa shape index (κ2) is 2.98. The van der Waals surface area contributed by atoms with E-state index in [9.17, 15) is 0 Å². The third kappa shape index (κ3) is 0.981. The molecule has 0 nitrogen and oxygen atoms in total. The number of alkyl halides is 3. The Morgan fingerprint density at radius 1 is 1.23 bits per heavy atom. The fourth-order valence-corrected chi connectivity index (χ4v) is 11.3. The van der Waals surface area contributed by atoms with E-state index in [0.717, 1.165) is 18.7 Å². The normalized spacial score (nSPS) is 58.9. The summed E-state index contributed by atoms with van der Waals surface area (Å²) in [6.45, 7) is 0. The Balaban J connectivity index is 2.07. The second-order valence-electron chi connectivity index (χ2n) is 4.97. The number of hydrogen-bond donors (Lipinski definition) is 0. The van der Waals surface area contributed by atoms with Crippen LogP contribution in [0.15, 0.2) is 0 Å². The van der Waals surface area contributed by atoms with Crippen LogP contribution in [0.1, 0.15) is 38.5 Å². The van der Waals surface area contributed by atoms with Crippen molar-refractivity contribution in [2.75, 3.05) is 4.93 Å². The fourth-order valence-electron chi connectivity index (χ4n) is 4.32. The summed E-state index contributed by atoms with van der Waals surface area (Å²) in [5.74, 6) is 2.29. The second-order valence-corrected chi connectivity index (χ2v) is 9.90. The molecule has 0 spiro atoms. The third-order valence-corrected chi connectivity index (χ3v) is 12.6. The van der Waals surface area contributed by atoms with Gasteiger partial charge in [-0.05, 0) is 0 Å². The predicted octanol–water partition coefficient (Wildman–Crippen LogP) is 0.232. The molecule has 3 rings (SSSR count). The molecule has 0 aliphatic heterocycles. The van der Waals surface area contributed by atoms with Crippen LogP contribution in [0.5, 0.6) is 0 Å². The number of fused-ring (bicyclic) bond motifs is 5. The molecule has 0 aromatic carbocycles. The van der Waals surface area contributed by atoms with Crippen molar-refractivity contribution in [3.05, 3.63) is 0 Å². The Morgan fingerprint density at radius 2 is 2.00 bits per heavy atom. The first-order valence-corrected chi connectivity index (χ1v) is 9.74. The molecule has 3 saturated carbocycles. The van der Waals surface area contributed by atoms with Crippen LogP contribution in [-0.4, -0.2) is 11.8 Å². The van der Waals surface area contributed by atoms with Crippen molar-refractivity contribution < 1.29 is 21.2 Å². The Morgan fingerprint density at radius 3 is 2.69 bits per heavy atom. The number of rotatable bonds is 1. The Bertz CT molecular complexity index is 240. The summed E-state index contributed by atoms with van der Waals surface area (Å²) in [6, 6.07) is 0. The van der Waals surface area contributed by atoms with Gasteiger partial charge in [0.05, 0.1) is 0 Å². The van der Waals surface area contributed by atoms with Crippen LogP contribution in [0.25, 0.3) is 0 Å². The Kier molecular flexibility index (Phi) is 2.22. The summed E-state index contributed by atoms with van der Waals surface area (Å²) < 4.78 is 1.69. The minimum absolute atomic E-state index is 0.466. The van der Waals surface area contributed by atoms with Gasteiger partial charge in [0.25, 0.3) is 0 Å². The average Bonchev–Trinajstić information content (AvgIpc) is 2.72. The fraction of sp³-hybridized carbons (Fsp3) is 1.00. The van der Waals surface area contributed by atoms with E-state index in [4.69, 9.17) is 0 Å². The van der Waals surface area contributed by atoms with E-state index in [1.165, 1.54) is 0 Å². The molecule has 0 amide bonds. The first kappa shape index (κ1) is 9.67. The monoisotopic (exact) mass is 403 g/mol. The molecule has 0 saturated heterocycles. The molecule has 0 aromatic rings. The van der Waals surface area contributed by atoms with E-state index in [2.05, 4.69) is 27.5 Å². The van der Waals surface area contributed by atoms with E-state index in [0.29, 0.717) is 21.2 Å². The zero-order valence-electron chi connectivity index (χ0n) is 8.15. The van der Waals surface area contributed by atoms with Gasteiger partial charge in [-0.15, -0.1) is 0 Å². The minimum atomic E-state index is 0.466. The summed E-state index contributed by atoms with van der Waals surface area (Å²) in [5.41, 5.74) is 0. The maximum atomic E-state index is 2.89. The van der Waals surface area contributed by atoms with Gasteiger partial charge in [0.15, 0.2) is 0 Å². The molecule has 0 radical (unpaired) electrons. The van der Waals surface area contributed by atoms with Crippen LogP contribution in [0.2, 0.25) is 0 Å². The van der Waals surface area contributed by atoms with Crippen molar-refractivity contribution in [1.82, 2.24) is 0 Å². The maximum absolute atomic E-state index is 2.89. The summed E-state index contributed by atoms with van der Waals surface area (Å²) >= 11 is 3.36. The first-order valence-electron chi connectivity index (χ1n) is 5.42. The number of hydrogen-bond acceptors (Lipinski definition) is 0. The molecule has 76 valence electrons. The molecule has 4 atom stereocenters. The van der Waals surface area contributed by atoms with Crippen molar-refractivity contribution in [1.29, 1.82) is 0 Å². The summed E-state index contributed by atoms with van der Waals surface area (Å²) in [5, 5.41) is 0. The van der Waals surface area contributed by atoms with Gasteiger partial charge in [-0.1, -0.05) is 0 Å². The van der Waals surface area contributed by atoms with E-state index in [1.807, 2.05) is 0 Å². The molecule has 0 heterocycles. The Hall–Kier alpha value is 1.46. The van der Waals surface area contributed by atoms with Crippen LogP contribution < -0.4 is 21.2 Å². The van der Waals surface area contributed by atoms with Crippen molar-refractivity contribution in [3.63, 3.8) is 0 Å². The molecule has 0 N–H and O–H groups in total. The summed E-state index contributed by atoms with van der Waals surface area (Å²) in [6.07, 6.45) is 9.46. The van der Waals surface area contributed by atoms with Crippen molar-refractivity contribution in [2.24, 2.45) is 11.8 Å². The molecule has 3 fully saturated rings. The van der Waals surface area contributed by atoms with Gasteiger partial charge in [0.1, 0.15) is 0 Å². The van der Waals surface area contributed by atoms with Crippen LogP contribution in [0.3, 0.4) is 0 Å². The molecule has 2 bridgehead atoms. The molecule has 0 aromatic heterocycles. The molecule has 2 heteroatoms. The van der Waals surface area contributed by atoms with E-state index >= 15 is 0 Å². The Labute approximate surface area is 105 Å². The molecular formula is C11H17I2-. The molecule has 0 unspecified atom stereocenters. The van der Waals surface area contributed by atoms with Crippen LogP contribution in [0.4, 0.5) is 0 Å². The van der Waals surface area contributed by atoms with Crippen molar-refractivity contribution >= 4 is 22.6 Å². The van der Waals surface area contributed by atoms with Gasteiger partial charge >= 0.3 is 106 Å². The van der Waals surface area contributed by atoms with Gasteiger partial charge in [0, 0.05) is 0 Å². The average molecular weight is 403 g/mol. The van der Waals surface area contributed by atoms with Gasteiger partial charge < -0.3 is 0 Å². The van der Waals surface area contributed by atoms with Crippen LogP contribution in [0, 0.1) is 11.8 Å². The molecular weight excluding hydrogens is 386 g/mol. The van der Waals surface area contributed by atoms with Crippen LogP contribution in [-0.2, 0) is 0 Å². The quantitative estimate of drug-likeness (QED) is 0.435. The van der Waals surface area contributed by atoms with Gasteiger partial charge in [-0.3, -0.25) is 0 Å². The molecule has 3 aliphatic rings. The first-order chi connectivity index (χ1) is 6.23. The van der Waals surface area contributed by atoms with E-state index in [1.54, 1.807) is 38.5 Å². The zero-order valence-corrected chi connectivity index (χ0v) is 12.5. The molecule has 3 aliphatic carbocycles. The third-order valence-electron chi connectivity index (χ3n) is 4.84. The van der Waals surface area contributed by atoms with E-state index < -0.39 is 0 Å². The summed E-state index contributed by atoms with van der Waals surface area (Å²) in [4.78, 5) is 2.55. The molecule has 13 heavy (non-hydrogen) atoms. The summed E-state index contributed by atoms with van der Waals surface area (Å²) in [7, 11) is 0. The van der Waals surface area contributed by atoms with E-state index in [-0.39, 0.29) is 0 Å². The topological polar surface area (TPSA) is 0 Å². The van der Waals surface area contributed by atoms with Crippen molar-refractivity contribution in [3.8, 4) is 0 Å². The van der Waals surface area contributed by atoms with Gasteiger partial charge in [-0.25, -0.2) is 0 Å². The van der Waals surface area contributed by atoms with Gasteiger partial charge in [-0.2, -0.15) is 0 Å². The standard InChI is InChI=1S/C11H17I2/c1-13-11-6-2-5-10(11,12)8-3-4-9(11)7-8/h8-9H,2-7H2,1H3/q-1/t8-,9+,10-,11+/m0/s1. The van der Waals surface area contributed by atoms with Crippen LogP contribution >= 0.6 is 22.6 Å². The zero-order chi connectivity index (χ0) is 9.10. The predicted molar refractivity (Wildman–Crippen MR) is 60.1 cm³/mol.